The molecule has 0 heterocycles. The highest BCUT2D eigenvalue weighted by Gasteiger charge is 2.10. The Morgan fingerprint density at radius 3 is 1.12 bits per heavy atom. The molecule has 0 rings (SSSR count). The maximum Gasteiger partial charge on any atom is 0.134 e. The summed E-state index contributed by atoms with van der Waals surface area (Å²) in [5, 5.41) is 0. The number of carbonyl (C=O) groups is 2. The van der Waals surface area contributed by atoms with E-state index in [4.69, 9.17) is 0 Å². The minimum atomic E-state index is 0.135. The van der Waals surface area contributed by atoms with Gasteiger partial charge in [0.05, 0.1) is 0 Å². The Kier molecular flexibility index (Phi) is 13.7. The molecule has 0 aliphatic carbocycles. The van der Waals surface area contributed by atoms with Gasteiger partial charge in [0, 0.05) is 65.0 Å². The van der Waals surface area contributed by atoms with Crippen molar-refractivity contribution in [2.24, 2.45) is 0 Å². The molecule has 4 heteroatoms. The molecule has 0 radical (unpaired) electrons. The minimum Gasteiger partial charge on any atom is -0.300 e. The van der Waals surface area contributed by atoms with Crippen molar-refractivity contribution in [3.05, 3.63) is 50.6 Å². The standard InChI is InChI=1S/C20H32N2O2/c1-5-13-21(14-6-2)17-11-19(23)9-10-20(24)12-18-22(15-7-3)16-8-4/h5-8H,1-4,9-18H2. The summed E-state index contributed by atoms with van der Waals surface area (Å²) in [5.41, 5.74) is 0. The van der Waals surface area contributed by atoms with Gasteiger partial charge in [0.2, 0.25) is 0 Å². The van der Waals surface area contributed by atoms with Crippen LogP contribution in [0.1, 0.15) is 25.7 Å². The highest BCUT2D eigenvalue weighted by Crippen LogP contribution is 2.03. The highest BCUT2D eigenvalue weighted by atomic mass is 16.1. The molecule has 0 spiro atoms. The first-order chi connectivity index (χ1) is 11.6. The zero-order chi connectivity index (χ0) is 18.2. The maximum absolute atomic E-state index is 11.9. The summed E-state index contributed by atoms with van der Waals surface area (Å²) in [6.07, 6.45) is 8.86. The number of nitrogens with zero attached hydrogens (tertiary/aromatic N) is 2. The number of rotatable bonds is 17. The van der Waals surface area contributed by atoms with Crippen LogP contribution in [0, 0.1) is 0 Å². The van der Waals surface area contributed by atoms with E-state index in [1.54, 1.807) is 0 Å². The number of hydrogen-bond acceptors (Lipinski definition) is 4. The van der Waals surface area contributed by atoms with E-state index in [1.165, 1.54) is 0 Å². The number of ketones is 2. The molecule has 134 valence electrons. The molecular weight excluding hydrogens is 300 g/mol. The van der Waals surface area contributed by atoms with Crippen molar-refractivity contribution in [1.82, 2.24) is 9.80 Å². The molecular formula is C20H32N2O2. The molecule has 0 aromatic heterocycles. The third-order valence-electron chi connectivity index (χ3n) is 3.65. The van der Waals surface area contributed by atoms with Crippen molar-refractivity contribution in [3.63, 3.8) is 0 Å². The summed E-state index contributed by atoms with van der Waals surface area (Å²) in [6, 6.07) is 0. The van der Waals surface area contributed by atoms with Crippen molar-refractivity contribution in [2.75, 3.05) is 39.3 Å². The van der Waals surface area contributed by atoms with E-state index in [9.17, 15) is 9.59 Å². The van der Waals surface area contributed by atoms with E-state index < -0.39 is 0 Å². The SMILES string of the molecule is C=CCN(CC=C)CCC(=O)CCC(=O)CCN(CC=C)CC=C. The molecule has 24 heavy (non-hydrogen) atoms. The van der Waals surface area contributed by atoms with Crippen molar-refractivity contribution >= 4 is 11.6 Å². The lowest BCUT2D eigenvalue weighted by molar-refractivity contribution is -0.124. The first-order valence-corrected chi connectivity index (χ1v) is 8.49. The lowest BCUT2D eigenvalue weighted by Crippen LogP contribution is -2.27. The van der Waals surface area contributed by atoms with E-state index in [2.05, 4.69) is 36.1 Å². The van der Waals surface area contributed by atoms with Gasteiger partial charge in [-0.25, -0.2) is 0 Å². The first kappa shape index (κ1) is 22.2. The Morgan fingerprint density at radius 2 is 0.875 bits per heavy atom. The Labute approximate surface area is 147 Å². The number of carbonyl (C=O) groups excluding carboxylic acids is 2. The molecule has 0 aliphatic heterocycles. The van der Waals surface area contributed by atoms with E-state index in [1.807, 2.05) is 24.3 Å². The van der Waals surface area contributed by atoms with Gasteiger partial charge in [0.15, 0.2) is 0 Å². The first-order valence-electron chi connectivity index (χ1n) is 8.49. The van der Waals surface area contributed by atoms with Crippen molar-refractivity contribution in [2.45, 2.75) is 25.7 Å². The Morgan fingerprint density at radius 1 is 0.583 bits per heavy atom. The summed E-state index contributed by atoms with van der Waals surface area (Å²) in [7, 11) is 0. The molecule has 0 fully saturated rings. The second-order valence-corrected chi connectivity index (χ2v) is 5.75. The number of hydrogen-bond donors (Lipinski definition) is 0. The zero-order valence-electron chi connectivity index (χ0n) is 14.9. The normalized spacial score (nSPS) is 10.6. The highest BCUT2D eigenvalue weighted by molar-refractivity contribution is 5.86. The Hall–Kier alpha value is -1.78. The van der Waals surface area contributed by atoms with Gasteiger partial charge in [-0.2, -0.15) is 0 Å². The summed E-state index contributed by atoms with van der Waals surface area (Å²) in [6.45, 7) is 19.1. The molecule has 0 bridgehead atoms. The lowest BCUT2D eigenvalue weighted by Gasteiger charge is -2.18. The molecule has 0 aromatic carbocycles. The van der Waals surface area contributed by atoms with Gasteiger partial charge in [0.1, 0.15) is 11.6 Å². The van der Waals surface area contributed by atoms with Crippen LogP contribution in [0.15, 0.2) is 50.6 Å². The number of Topliss-reactive ketones (excluding diaryl/α,β-unsaturated/α-hetero) is 2. The predicted octanol–water partition coefficient (Wildman–Crippen LogP) is 3.03. The van der Waals surface area contributed by atoms with Crippen molar-refractivity contribution in [3.8, 4) is 0 Å². The average molecular weight is 332 g/mol. The van der Waals surface area contributed by atoms with E-state index in [-0.39, 0.29) is 11.6 Å². The molecule has 0 unspecified atom stereocenters. The van der Waals surface area contributed by atoms with E-state index in [0.717, 1.165) is 26.2 Å². The van der Waals surface area contributed by atoms with Gasteiger partial charge >= 0.3 is 0 Å². The fourth-order valence-electron chi connectivity index (χ4n) is 2.34. The monoisotopic (exact) mass is 332 g/mol. The smallest absolute Gasteiger partial charge is 0.134 e. The molecule has 4 nitrogen and oxygen atoms in total. The van der Waals surface area contributed by atoms with Crippen LogP contribution in [0.2, 0.25) is 0 Å². The van der Waals surface area contributed by atoms with Crippen molar-refractivity contribution < 1.29 is 9.59 Å². The van der Waals surface area contributed by atoms with Gasteiger partial charge in [-0.15, -0.1) is 26.3 Å². The van der Waals surface area contributed by atoms with Crippen LogP contribution in [0.4, 0.5) is 0 Å². The van der Waals surface area contributed by atoms with Crippen LogP contribution >= 0.6 is 0 Å². The molecule has 0 saturated carbocycles. The lowest BCUT2D eigenvalue weighted by atomic mass is 10.1. The summed E-state index contributed by atoms with van der Waals surface area (Å²) < 4.78 is 0. The summed E-state index contributed by atoms with van der Waals surface area (Å²) in [5.74, 6) is 0.269. The average Bonchev–Trinajstić information content (AvgIpc) is 2.56. The topological polar surface area (TPSA) is 40.6 Å². The second kappa shape index (κ2) is 14.8. The van der Waals surface area contributed by atoms with Crippen LogP contribution in [-0.4, -0.2) is 60.6 Å². The van der Waals surface area contributed by atoms with Crippen molar-refractivity contribution in [1.29, 1.82) is 0 Å². The molecule has 0 N–H and O–H groups in total. The van der Waals surface area contributed by atoms with Gasteiger partial charge in [0.25, 0.3) is 0 Å². The quantitative estimate of drug-likeness (QED) is 0.384. The summed E-state index contributed by atoms with van der Waals surface area (Å²) >= 11 is 0. The zero-order valence-corrected chi connectivity index (χ0v) is 14.9. The molecule has 0 aliphatic rings. The molecule has 0 amide bonds. The Balaban J connectivity index is 4.01. The maximum atomic E-state index is 11.9. The summed E-state index contributed by atoms with van der Waals surface area (Å²) in [4.78, 5) is 28.1. The van der Waals surface area contributed by atoms with Crippen LogP contribution in [0.25, 0.3) is 0 Å². The Bertz CT molecular complexity index is 369. The molecule has 0 aromatic rings. The predicted molar refractivity (Wildman–Crippen MR) is 102 cm³/mol. The van der Waals surface area contributed by atoms with Crippen LogP contribution in [0.3, 0.4) is 0 Å². The fraction of sp³-hybridized carbons (Fsp3) is 0.500. The van der Waals surface area contributed by atoms with E-state index in [0.29, 0.717) is 38.8 Å². The molecule has 0 saturated heterocycles. The third kappa shape index (κ3) is 11.7. The van der Waals surface area contributed by atoms with Gasteiger partial charge in [-0.3, -0.25) is 19.4 Å². The largest absolute Gasteiger partial charge is 0.300 e. The van der Waals surface area contributed by atoms with E-state index >= 15 is 0 Å². The molecule has 0 atom stereocenters. The van der Waals surface area contributed by atoms with Crippen LogP contribution in [-0.2, 0) is 9.59 Å². The van der Waals surface area contributed by atoms with Gasteiger partial charge < -0.3 is 0 Å². The second-order valence-electron chi connectivity index (χ2n) is 5.75. The fourth-order valence-corrected chi connectivity index (χ4v) is 2.34. The van der Waals surface area contributed by atoms with Gasteiger partial charge in [-0.05, 0) is 0 Å². The minimum absolute atomic E-state index is 0.135. The van der Waals surface area contributed by atoms with Crippen LogP contribution < -0.4 is 0 Å². The van der Waals surface area contributed by atoms with Crippen LogP contribution in [0.5, 0.6) is 0 Å². The van der Waals surface area contributed by atoms with Gasteiger partial charge in [-0.1, -0.05) is 24.3 Å². The third-order valence-corrected chi connectivity index (χ3v) is 3.65.